The van der Waals surface area contributed by atoms with Crippen molar-refractivity contribution >= 4 is 6.09 Å². The largest absolute Gasteiger partial charge is 0.444 e. The van der Waals surface area contributed by atoms with Gasteiger partial charge in [0.1, 0.15) is 5.60 Å². The lowest BCUT2D eigenvalue weighted by Crippen LogP contribution is -2.63. The van der Waals surface area contributed by atoms with Gasteiger partial charge in [-0.2, -0.15) is 0 Å². The van der Waals surface area contributed by atoms with Crippen LogP contribution in [0.1, 0.15) is 39.2 Å². The van der Waals surface area contributed by atoms with Gasteiger partial charge in [-0.05, 0) is 26.3 Å². The number of benzene rings is 1. The zero-order chi connectivity index (χ0) is 16.7. The monoisotopic (exact) mass is 319 g/mol. The molecular formula is C18H25NO4. The van der Waals surface area contributed by atoms with E-state index in [0.717, 1.165) is 5.56 Å². The van der Waals surface area contributed by atoms with Crippen LogP contribution in [0.5, 0.6) is 0 Å². The van der Waals surface area contributed by atoms with Crippen molar-refractivity contribution in [2.45, 2.75) is 56.9 Å². The highest BCUT2D eigenvalue weighted by molar-refractivity contribution is 5.69. The van der Waals surface area contributed by atoms with Gasteiger partial charge in [0.15, 0.2) is 0 Å². The van der Waals surface area contributed by atoms with Crippen LogP contribution in [0, 0.1) is 0 Å². The lowest BCUT2D eigenvalue weighted by molar-refractivity contribution is -0.141. The zero-order valence-corrected chi connectivity index (χ0v) is 14.0. The van der Waals surface area contributed by atoms with E-state index >= 15 is 0 Å². The fourth-order valence-electron chi connectivity index (χ4n) is 3.57. The summed E-state index contributed by atoms with van der Waals surface area (Å²) in [5.41, 5.74) is -0.543. The van der Waals surface area contributed by atoms with Crippen LogP contribution in [-0.4, -0.2) is 47.0 Å². The Hall–Kier alpha value is -1.59. The fourth-order valence-corrected chi connectivity index (χ4v) is 3.57. The first-order valence-corrected chi connectivity index (χ1v) is 8.15. The molecule has 2 aliphatic heterocycles. The van der Waals surface area contributed by atoms with Gasteiger partial charge in [-0.15, -0.1) is 0 Å². The van der Waals surface area contributed by atoms with E-state index in [1.165, 1.54) is 0 Å². The standard InChI is InChI=1S/C18H25NO4/c1-17(2,3)23-16(20)19-14-9-18(21,10-15(19)12-22-11-14)13-7-5-4-6-8-13/h4-8,14-15,21H,9-12H2,1-3H3. The topological polar surface area (TPSA) is 59.0 Å². The molecule has 0 aromatic heterocycles. The predicted molar refractivity (Wildman–Crippen MR) is 86.0 cm³/mol. The number of nitrogens with zero attached hydrogens (tertiary/aromatic N) is 1. The molecule has 0 saturated carbocycles. The maximum Gasteiger partial charge on any atom is 0.410 e. The molecule has 5 heteroatoms. The average Bonchev–Trinajstić information content (AvgIpc) is 2.45. The molecule has 0 aliphatic carbocycles. The van der Waals surface area contributed by atoms with Gasteiger partial charge >= 0.3 is 6.09 Å². The van der Waals surface area contributed by atoms with Crippen molar-refractivity contribution in [2.24, 2.45) is 0 Å². The molecule has 2 heterocycles. The average molecular weight is 319 g/mol. The highest BCUT2D eigenvalue weighted by Crippen LogP contribution is 2.41. The molecule has 1 N–H and O–H groups in total. The molecular weight excluding hydrogens is 294 g/mol. The SMILES string of the molecule is CC(C)(C)OC(=O)N1C2COCC1CC(O)(c1ccccc1)C2. The van der Waals surface area contributed by atoms with Crippen LogP contribution in [0.15, 0.2) is 30.3 Å². The van der Waals surface area contributed by atoms with Crippen LogP contribution in [0.2, 0.25) is 0 Å². The Labute approximate surface area is 137 Å². The Morgan fingerprint density at radius 1 is 1.22 bits per heavy atom. The van der Waals surface area contributed by atoms with E-state index in [9.17, 15) is 9.90 Å². The first kappa shape index (κ1) is 16.3. The van der Waals surface area contributed by atoms with Crippen LogP contribution in [0.25, 0.3) is 0 Å². The number of piperidine rings is 1. The molecule has 23 heavy (non-hydrogen) atoms. The summed E-state index contributed by atoms with van der Waals surface area (Å²) in [5, 5.41) is 11.1. The van der Waals surface area contributed by atoms with Crippen LogP contribution in [0.4, 0.5) is 4.79 Å². The molecule has 0 radical (unpaired) electrons. The second kappa shape index (κ2) is 5.80. The number of hydrogen-bond acceptors (Lipinski definition) is 4. The van der Waals surface area contributed by atoms with Crippen molar-refractivity contribution in [1.82, 2.24) is 4.90 Å². The minimum Gasteiger partial charge on any atom is -0.444 e. The molecule has 0 spiro atoms. The molecule has 2 unspecified atom stereocenters. The summed E-state index contributed by atoms with van der Waals surface area (Å²) in [6.07, 6.45) is 0.616. The predicted octanol–water partition coefficient (Wildman–Crippen LogP) is 2.67. The smallest absolute Gasteiger partial charge is 0.410 e. The van der Waals surface area contributed by atoms with Gasteiger partial charge in [0.05, 0.1) is 30.9 Å². The highest BCUT2D eigenvalue weighted by Gasteiger charge is 2.49. The van der Waals surface area contributed by atoms with Crippen molar-refractivity contribution in [3.05, 3.63) is 35.9 Å². The van der Waals surface area contributed by atoms with Crippen LogP contribution in [0.3, 0.4) is 0 Å². The number of carbonyl (C=O) groups is 1. The van der Waals surface area contributed by atoms with Gasteiger partial charge in [0, 0.05) is 12.8 Å². The first-order valence-electron chi connectivity index (χ1n) is 8.15. The number of ether oxygens (including phenoxy) is 2. The third kappa shape index (κ3) is 3.35. The second-order valence-electron chi connectivity index (χ2n) is 7.54. The molecule has 1 amide bonds. The minimum absolute atomic E-state index is 0.164. The summed E-state index contributed by atoms with van der Waals surface area (Å²) < 4.78 is 11.2. The quantitative estimate of drug-likeness (QED) is 0.864. The van der Waals surface area contributed by atoms with Gasteiger partial charge in [-0.25, -0.2) is 4.79 Å². The number of amides is 1. The van der Waals surface area contributed by atoms with Crippen LogP contribution in [-0.2, 0) is 15.1 Å². The van der Waals surface area contributed by atoms with Crippen molar-refractivity contribution in [1.29, 1.82) is 0 Å². The molecule has 2 fully saturated rings. The molecule has 2 aliphatic rings. The summed E-state index contributed by atoms with van der Waals surface area (Å²) in [6, 6.07) is 9.36. The molecule has 1 aromatic carbocycles. The number of fused-ring (bicyclic) bond motifs is 2. The number of morpholine rings is 1. The Balaban J connectivity index is 1.82. The lowest BCUT2D eigenvalue weighted by Gasteiger charge is -2.51. The fraction of sp³-hybridized carbons (Fsp3) is 0.611. The third-order valence-corrected chi connectivity index (χ3v) is 4.47. The van der Waals surface area contributed by atoms with Crippen molar-refractivity contribution in [2.75, 3.05) is 13.2 Å². The van der Waals surface area contributed by atoms with Gasteiger partial charge in [-0.1, -0.05) is 30.3 Å². The van der Waals surface area contributed by atoms with Crippen molar-refractivity contribution < 1.29 is 19.4 Å². The number of rotatable bonds is 1. The highest BCUT2D eigenvalue weighted by atomic mass is 16.6. The minimum atomic E-state index is -0.918. The van der Waals surface area contributed by atoms with Gasteiger partial charge in [0.2, 0.25) is 0 Å². The maximum atomic E-state index is 12.5. The van der Waals surface area contributed by atoms with Gasteiger partial charge < -0.3 is 14.6 Å². The summed E-state index contributed by atoms with van der Waals surface area (Å²) in [6.45, 7) is 6.46. The van der Waals surface area contributed by atoms with E-state index < -0.39 is 11.2 Å². The van der Waals surface area contributed by atoms with Gasteiger partial charge in [0.25, 0.3) is 0 Å². The first-order chi connectivity index (χ1) is 10.8. The van der Waals surface area contributed by atoms with E-state index in [0.29, 0.717) is 26.1 Å². The molecule has 126 valence electrons. The van der Waals surface area contributed by atoms with Gasteiger partial charge in [-0.3, -0.25) is 4.90 Å². The number of aliphatic hydroxyl groups is 1. The molecule has 2 saturated heterocycles. The maximum absolute atomic E-state index is 12.5. The van der Waals surface area contributed by atoms with E-state index in [1.54, 1.807) is 4.90 Å². The number of hydrogen-bond donors (Lipinski definition) is 1. The van der Waals surface area contributed by atoms with E-state index in [4.69, 9.17) is 9.47 Å². The van der Waals surface area contributed by atoms with Crippen LogP contribution >= 0.6 is 0 Å². The van der Waals surface area contributed by atoms with Crippen LogP contribution < -0.4 is 0 Å². The third-order valence-electron chi connectivity index (χ3n) is 4.47. The summed E-state index contributed by atoms with van der Waals surface area (Å²) in [5.74, 6) is 0. The van der Waals surface area contributed by atoms with E-state index in [2.05, 4.69) is 0 Å². The number of carbonyl (C=O) groups excluding carboxylic acids is 1. The second-order valence-corrected chi connectivity index (χ2v) is 7.54. The van der Waals surface area contributed by atoms with E-state index in [1.807, 2.05) is 51.1 Å². The molecule has 5 nitrogen and oxygen atoms in total. The Bertz CT molecular complexity index is 552. The lowest BCUT2D eigenvalue weighted by atomic mass is 9.77. The summed E-state index contributed by atoms with van der Waals surface area (Å²) >= 11 is 0. The normalized spacial score (nSPS) is 30.9. The Morgan fingerprint density at radius 2 is 1.78 bits per heavy atom. The summed E-state index contributed by atoms with van der Waals surface area (Å²) in [4.78, 5) is 14.3. The van der Waals surface area contributed by atoms with E-state index in [-0.39, 0.29) is 18.2 Å². The van der Waals surface area contributed by atoms with Crippen molar-refractivity contribution in [3.63, 3.8) is 0 Å². The molecule has 1 aromatic rings. The molecule has 3 rings (SSSR count). The Kier molecular flexibility index (Phi) is 4.10. The summed E-state index contributed by atoms with van der Waals surface area (Å²) in [7, 11) is 0. The van der Waals surface area contributed by atoms with Crippen molar-refractivity contribution in [3.8, 4) is 0 Å². The Morgan fingerprint density at radius 3 is 2.30 bits per heavy atom. The molecule has 2 bridgehead atoms. The zero-order valence-electron chi connectivity index (χ0n) is 14.0. The molecule has 2 atom stereocenters.